The largest absolute Gasteiger partial charge is 0.477 e. The van der Waals surface area contributed by atoms with Gasteiger partial charge in [0.15, 0.2) is 11.9 Å². The van der Waals surface area contributed by atoms with Crippen LogP contribution in [0.5, 0.6) is 5.75 Å². The number of anilines is 2. The highest BCUT2D eigenvalue weighted by molar-refractivity contribution is 5.98. The molecule has 0 spiro atoms. The molecule has 2 N–H and O–H groups in total. The highest BCUT2D eigenvalue weighted by Gasteiger charge is 2.34. The minimum atomic E-state index is -0.698. The predicted molar refractivity (Wildman–Crippen MR) is 116 cm³/mol. The van der Waals surface area contributed by atoms with Crippen molar-refractivity contribution in [1.82, 2.24) is 5.32 Å². The molecule has 7 nitrogen and oxygen atoms in total. The van der Waals surface area contributed by atoms with E-state index in [1.165, 1.54) is 6.92 Å². The summed E-state index contributed by atoms with van der Waals surface area (Å²) in [5.41, 5.74) is 1.96. The number of ether oxygens (including phenoxy) is 1. The molecule has 7 heteroatoms. The van der Waals surface area contributed by atoms with Gasteiger partial charge in [-0.1, -0.05) is 19.1 Å². The Balaban J connectivity index is 1.76. The summed E-state index contributed by atoms with van der Waals surface area (Å²) in [5, 5.41) is 5.74. The van der Waals surface area contributed by atoms with Gasteiger partial charge < -0.3 is 20.3 Å². The molecule has 158 valence electrons. The summed E-state index contributed by atoms with van der Waals surface area (Å²) in [4.78, 5) is 38.7. The number of hydrogen-bond donors (Lipinski definition) is 2. The Morgan fingerprint density at radius 2 is 1.83 bits per heavy atom. The molecule has 2 aromatic carbocycles. The molecule has 1 heterocycles. The number of para-hydroxylation sites is 2. The van der Waals surface area contributed by atoms with Crippen LogP contribution in [0.4, 0.5) is 11.4 Å². The molecule has 1 aliphatic heterocycles. The molecule has 2 amide bonds. The second kappa shape index (κ2) is 9.43. The normalized spacial score (nSPS) is 16.1. The van der Waals surface area contributed by atoms with Crippen molar-refractivity contribution in [2.24, 2.45) is 0 Å². The zero-order chi connectivity index (χ0) is 21.7. The summed E-state index contributed by atoms with van der Waals surface area (Å²) in [6, 6.07) is 13.6. The Bertz CT molecular complexity index is 926. The molecule has 30 heavy (non-hydrogen) atoms. The van der Waals surface area contributed by atoms with Crippen LogP contribution < -0.4 is 20.3 Å². The van der Waals surface area contributed by atoms with Gasteiger partial charge in [-0.25, -0.2) is 0 Å². The van der Waals surface area contributed by atoms with Crippen LogP contribution in [-0.2, 0) is 9.59 Å². The maximum Gasteiger partial charge on any atom is 0.262 e. The first kappa shape index (κ1) is 21.4. The lowest BCUT2D eigenvalue weighted by Crippen LogP contribution is -2.54. The molecule has 0 bridgehead atoms. The molecular weight excluding hydrogens is 382 g/mol. The first-order valence-corrected chi connectivity index (χ1v) is 10.1. The van der Waals surface area contributed by atoms with Crippen LogP contribution in [0.15, 0.2) is 48.5 Å². The Labute approximate surface area is 176 Å². The molecule has 0 fully saturated rings. The number of carbonyl (C=O) groups excluding carboxylic acids is 3. The smallest absolute Gasteiger partial charge is 0.262 e. The van der Waals surface area contributed by atoms with Gasteiger partial charge in [-0.05, 0) is 56.7 Å². The minimum Gasteiger partial charge on any atom is -0.477 e. The van der Waals surface area contributed by atoms with Gasteiger partial charge in [0.1, 0.15) is 11.8 Å². The van der Waals surface area contributed by atoms with E-state index in [1.54, 1.807) is 37.3 Å². The Kier molecular flexibility index (Phi) is 6.72. The van der Waals surface area contributed by atoms with Crippen molar-refractivity contribution in [2.45, 2.75) is 39.3 Å². The second-order valence-corrected chi connectivity index (χ2v) is 7.32. The lowest BCUT2D eigenvalue weighted by atomic mass is 10.1. The van der Waals surface area contributed by atoms with Crippen molar-refractivity contribution in [3.05, 3.63) is 54.1 Å². The van der Waals surface area contributed by atoms with Gasteiger partial charge in [0, 0.05) is 17.8 Å². The average molecular weight is 409 g/mol. The number of rotatable bonds is 7. The quantitative estimate of drug-likeness (QED) is 0.687. The van der Waals surface area contributed by atoms with Crippen molar-refractivity contribution >= 4 is 29.0 Å². The summed E-state index contributed by atoms with van der Waals surface area (Å²) < 4.78 is 5.89. The number of Topliss-reactive ketones (excluding diaryl/α,β-unsaturated/α-hetero) is 1. The zero-order valence-corrected chi connectivity index (χ0v) is 17.5. The van der Waals surface area contributed by atoms with Crippen LogP contribution in [0.25, 0.3) is 0 Å². The maximum absolute atomic E-state index is 12.9. The van der Waals surface area contributed by atoms with Crippen molar-refractivity contribution in [3.63, 3.8) is 0 Å². The monoisotopic (exact) mass is 409 g/mol. The van der Waals surface area contributed by atoms with E-state index in [4.69, 9.17) is 4.74 Å². The SMILES string of the molecule is CCCNC(=O)[C@@H]1CN([C@@H](C)C(=O)Nc2ccc(C(C)=O)cc2)c2ccccc2O1. The van der Waals surface area contributed by atoms with Crippen molar-refractivity contribution in [1.29, 1.82) is 0 Å². The number of amides is 2. The Morgan fingerprint density at radius 3 is 2.50 bits per heavy atom. The number of hydrogen-bond acceptors (Lipinski definition) is 5. The lowest BCUT2D eigenvalue weighted by molar-refractivity contribution is -0.128. The molecule has 3 rings (SSSR count). The Hall–Kier alpha value is -3.35. The molecule has 0 radical (unpaired) electrons. The topological polar surface area (TPSA) is 87.7 Å². The lowest BCUT2D eigenvalue weighted by Gasteiger charge is -2.38. The van der Waals surface area contributed by atoms with E-state index in [0.717, 1.165) is 12.1 Å². The van der Waals surface area contributed by atoms with Crippen LogP contribution in [0.2, 0.25) is 0 Å². The van der Waals surface area contributed by atoms with Gasteiger partial charge in [0.05, 0.1) is 12.2 Å². The average Bonchev–Trinajstić information content (AvgIpc) is 2.76. The van der Waals surface area contributed by atoms with Crippen LogP contribution in [0.1, 0.15) is 37.6 Å². The van der Waals surface area contributed by atoms with E-state index < -0.39 is 12.1 Å². The fourth-order valence-corrected chi connectivity index (χ4v) is 3.30. The fraction of sp³-hybridized carbons (Fsp3) is 0.348. The van der Waals surface area contributed by atoms with E-state index in [0.29, 0.717) is 23.5 Å². The number of fused-ring (bicyclic) bond motifs is 1. The summed E-state index contributed by atoms with van der Waals surface area (Å²) >= 11 is 0. The van der Waals surface area contributed by atoms with Gasteiger partial charge >= 0.3 is 0 Å². The molecule has 0 unspecified atom stereocenters. The summed E-state index contributed by atoms with van der Waals surface area (Å²) in [6.45, 7) is 6.12. The third kappa shape index (κ3) is 4.79. The third-order valence-electron chi connectivity index (χ3n) is 5.05. The number of ketones is 1. The van der Waals surface area contributed by atoms with E-state index in [2.05, 4.69) is 10.6 Å². The Morgan fingerprint density at radius 1 is 1.13 bits per heavy atom. The van der Waals surface area contributed by atoms with Gasteiger partial charge in [0.2, 0.25) is 5.91 Å². The number of benzene rings is 2. The summed E-state index contributed by atoms with van der Waals surface area (Å²) in [6.07, 6.45) is 0.136. The van der Waals surface area contributed by atoms with Crippen LogP contribution in [-0.4, -0.2) is 42.8 Å². The standard InChI is InChI=1S/C23H27N3O4/c1-4-13-24-23(29)21-14-26(19-7-5-6-8-20(19)30-21)15(2)22(28)25-18-11-9-17(10-12-18)16(3)27/h5-12,15,21H,4,13-14H2,1-3H3,(H,24,29)(H,25,28)/t15-,21-/m0/s1. The summed E-state index contributed by atoms with van der Waals surface area (Å²) in [5.74, 6) is 0.142. The highest BCUT2D eigenvalue weighted by Crippen LogP contribution is 2.34. The highest BCUT2D eigenvalue weighted by atomic mass is 16.5. The van der Waals surface area contributed by atoms with Crippen molar-refractivity contribution in [3.8, 4) is 5.75 Å². The number of nitrogens with one attached hydrogen (secondary N) is 2. The molecule has 0 aliphatic carbocycles. The molecule has 1 aliphatic rings. The molecule has 2 aromatic rings. The van der Waals surface area contributed by atoms with E-state index in [-0.39, 0.29) is 24.1 Å². The summed E-state index contributed by atoms with van der Waals surface area (Å²) in [7, 11) is 0. The van der Waals surface area contributed by atoms with E-state index >= 15 is 0 Å². The van der Waals surface area contributed by atoms with Crippen LogP contribution in [0.3, 0.4) is 0 Å². The van der Waals surface area contributed by atoms with Crippen LogP contribution in [0, 0.1) is 0 Å². The molecule has 2 atom stereocenters. The van der Waals surface area contributed by atoms with Gasteiger partial charge in [-0.2, -0.15) is 0 Å². The van der Waals surface area contributed by atoms with E-state index in [1.807, 2.05) is 30.0 Å². The first-order valence-electron chi connectivity index (χ1n) is 10.1. The number of nitrogens with zero attached hydrogens (tertiary/aromatic N) is 1. The van der Waals surface area contributed by atoms with Crippen molar-refractivity contribution in [2.75, 3.05) is 23.3 Å². The fourth-order valence-electron chi connectivity index (χ4n) is 3.30. The third-order valence-corrected chi connectivity index (χ3v) is 5.05. The van der Waals surface area contributed by atoms with Crippen molar-refractivity contribution < 1.29 is 19.1 Å². The molecule has 0 aromatic heterocycles. The maximum atomic E-state index is 12.9. The van der Waals surface area contributed by atoms with Crippen LogP contribution >= 0.6 is 0 Å². The van der Waals surface area contributed by atoms with E-state index in [9.17, 15) is 14.4 Å². The molecular formula is C23H27N3O4. The van der Waals surface area contributed by atoms with Gasteiger partial charge in [-0.3, -0.25) is 14.4 Å². The van der Waals surface area contributed by atoms with Gasteiger partial charge in [0.25, 0.3) is 5.91 Å². The molecule has 0 saturated heterocycles. The second-order valence-electron chi connectivity index (χ2n) is 7.32. The zero-order valence-electron chi connectivity index (χ0n) is 17.5. The van der Waals surface area contributed by atoms with Gasteiger partial charge in [-0.15, -0.1) is 0 Å². The molecule has 0 saturated carbocycles. The number of carbonyl (C=O) groups is 3. The minimum absolute atomic E-state index is 0.0291. The first-order chi connectivity index (χ1) is 14.4. The predicted octanol–water partition coefficient (Wildman–Crippen LogP) is 3.01.